The fraction of sp³-hybridized carbons (Fsp3) is 0.0800. The summed E-state index contributed by atoms with van der Waals surface area (Å²) in [6, 6.07) is 21.4. The van der Waals surface area contributed by atoms with E-state index in [0.717, 1.165) is 45.2 Å². The van der Waals surface area contributed by atoms with Gasteiger partial charge in [-0.3, -0.25) is 4.79 Å². The Balaban J connectivity index is 1.53. The number of aromatic amines is 1. The fourth-order valence-electron chi connectivity index (χ4n) is 3.33. The molecule has 0 amide bonds. The van der Waals surface area contributed by atoms with Crippen LogP contribution in [0.3, 0.4) is 0 Å². The molecule has 5 nitrogen and oxygen atoms in total. The Morgan fingerprint density at radius 2 is 1.67 bits per heavy atom. The molecule has 0 aliphatic rings. The minimum atomic E-state index is -0.962. The van der Waals surface area contributed by atoms with Crippen LogP contribution in [-0.4, -0.2) is 26.8 Å². The van der Waals surface area contributed by atoms with Crippen LogP contribution in [0, 0.1) is 0 Å². The van der Waals surface area contributed by atoms with Crippen LogP contribution in [0.5, 0.6) is 0 Å². The second kappa shape index (κ2) is 8.17. The molecule has 4 rings (SSSR count). The van der Waals surface area contributed by atoms with E-state index < -0.39 is 5.97 Å². The van der Waals surface area contributed by atoms with E-state index in [1.165, 1.54) is 0 Å². The number of nitrogens with zero attached hydrogens (tertiary/aromatic N) is 1. The number of nitrogens with one attached hydrogen (secondary N) is 1. The minimum absolute atomic E-state index is 0.0554. The van der Waals surface area contributed by atoms with Gasteiger partial charge < -0.3 is 10.1 Å². The number of carbonyl (C=O) groups excluding carboxylic acids is 1. The maximum atomic E-state index is 11.5. The van der Waals surface area contributed by atoms with Gasteiger partial charge in [-0.2, -0.15) is 0 Å². The van der Waals surface area contributed by atoms with Gasteiger partial charge in [0.1, 0.15) is 5.82 Å². The van der Waals surface area contributed by atoms with Crippen molar-refractivity contribution in [2.75, 3.05) is 0 Å². The highest BCUT2D eigenvalue weighted by atomic mass is 16.4. The first-order valence-electron chi connectivity index (χ1n) is 9.58. The van der Waals surface area contributed by atoms with Gasteiger partial charge in [0, 0.05) is 18.1 Å². The summed E-state index contributed by atoms with van der Waals surface area (Å²) in [5.41, 5.74) is 6.56. The molecule has 0 spiro atoms. The third kappa shape index (κ3) is 4.36. The number of rotatable bonds is 6. The van der Waals surface area contributed by atoms with Gasteiger partial charge in [0.25, 0.3) is 0 Å². The van der Waals surface area contributed by atoms with Crippen LogP contribution in [0.1, 0.15) is 34.2 Å². The van der Waals surface area contributed by atoms with Crippen LogP contribution < -0.4 is 0 Å². The number of carbonyl (C=O) groups is 2. The molecule has 5 heteroatoms. The number of benzene rings is 3. The predicted molar refractivity (Wildman–Crippen MR) is 117 cm³/mol. The Labute approximate surface area is 173 Å². The normalized spacial score (nSPS) is 11.2. The summed E-state index contributed by atoms with van der Waals surface area (Å²) in [5.74, 6) is -0.0432. The molecular weight excluding hydrogens is 376 g/mol. The number of fused-ring (bicyclic) bond motifs is 1. The van der Waals surface area contributed by atoms with E-state index >= 15 is 0 Å². The molecule has 0 saturated heterocycles. The number of H-pyrrole nitrogens is 1. The number of imidazole rings is 1. The van der Waals surface area contributed by atoms with Crippen molar-refractivity contribution in [2.24, 2.45) is 0 Å². The smallest absolute Gasteiger partial charge is 0.328 e. The molecular formula is C25H20N2O3. The highest BCUT2D eigenvalue weighted by Crippen LogP contribution is 2.24. The third-order valence-corrected chi connectivity index (χ3v) is 4.93. The molecule has 0 radical (unpaired) electrons. The van der Waals surface area contributed by atoms with Crippen molar-refractivity contribution >= 4 is 28.9 Å². The summed E-state index contributed by atoms with van der Waals surface area (Å²) in [6.45, 7) is 1.56. The summed E-state index contributed by atoms with van der Waals surface area (Å²) >= 11 is 0. The second-order valence-corrected chi connectivity index (χ2v) is 7.14. The minimum Gasteiger partial charge on any atom is -0.478 e. The van der Waals surface area contributed by atoms with Crippen molar-refractivity contribution in [2.45, 2.75) is 13.3 Å². The highest BCUT2D eigenvalue weighted by molar-refractivity contribution is 5.94. The molecule has 0 saturated carbocycles. The quantitative estimate of drug-likeness (QED) is 0.350. The van der Waals surface area contributed by atoms with Crippen LogP contribution in [0.25, 0.3) is 28.2 Å². The Morgan fingerprint density at radius 1 is 0.967 bits per heavy atom. The number of carboxylic acid groups (broad SMARTS) is 1. The number of ketones is 1. The molecule has 0 bridgehead atoms. The Hall–Kier alpha value is -3.99. The monoisotopic (exact) mass is 396 g/mol. The molecule has 4 aromatic rings. The largest absolute Gasteiger partial charge is 0.478 e. The SMILES string of the molecule is CC(=O)c1ccc(-c2ccc3[nH]c(Cc4ccc(/C=C/C(=O)O)cc4)nc3c2)cc1. The van der Waals surface area contributed by atoms with Gasteiger partial charge in [-0.15, -0.1) is 0 Å². The first-order chi connectivity index (χ1) is 14.5. The van der Waals surface area contributed by atoms with Crippen LogP contribution in [0.15, 0.2) is 72.8 Å². The van der Waals surface area contributed by atoms with Gasteiger partial charge in [-0.25, -0.2) is 9.78 Å². The second-order valence-electron chi connectivity index (χ2n) is 7.14. The topological polar surface area (TPSA) is 83.0 Å². The zero-order valence-corrected chi connectivity index (χ0v) is 16.4. The maximum Gasteiger partial charge on any atom is 0.328 e. The van der Waals surface area contributed by atoms with E-state index in [0.29, 0.717) is 12.0 Å². The molecule has 3 aromatic carbocycles. The summed E-state index contributed by atoms with van der Waals surface area (Å²) in [6.07, 6.45) is 3.34. The van der Waals surface area contributed by atoms with E-state index in [2.05, 4.69) is 4.98 Å². The van der Waals surface area contributed by atoms with Crippen molar-refractivity contribution in [3.05, 3.63) is 95.3 Å². The van der Waals surface area contributed by atoms with Gasteiger partial charge >= 0.3 is 5.97 Å². The van der Waals surface area contributed by atoms with E-state index in [1.54, 1.807) is 13.0 Å². The fourth-order valence-corrected chi connectivity index (χ4v) is 3.33. The Bertz CT molecular complexity index is 1250. The average Bonchev–Trinajstić information content (AvgIpc) is 3.14. The van der Waals surface area contributed by atoms with Gasteiger partial charge in [0.15, 0.2) is 5.78 Å². The summed E-state index contributed by atoms with van der Waals surface area (Å²) in [5, 5.41) is 8.71. The number of aliphatic carboxylic acids is 1. The lowest BCUT2D eigenvalue weighted by atomic mass is 10.0. The van der Waals surface area contributed by atoms with Crippen molar-refractivity contribution in [3.8, 4) is 11.1 Å². The van der Waals surface area contributed by atoms with Crippen molar-refractivity contribution in [1.82, 2.24) is 9.97 Å². The summed E-state index contributed by atoms with van der Waals surface area (Å²) in [7, 11) is 0. The standard InChI is InChI=1S/C25H20N2O3/c1-16(28)19-7-9-20(10-8-19)21-11-12-22-23(15-21)27-24(26-22)14-18-4-2-17(3-5-18)6-13-25(29)30/h2-13,15H,14H2,1H3,(H,26,27)(H,29,30)/b13-6+. The lowest BCUT2D eigenvalue weighted by Crippen LogP contribution is -1.91. The average molecular weight is 396 g/mol. The first kappa shape index (κ1) is 19.3. The molecule has 1 aromatic heterocycles. The van der Waals surface area contributed by atoms with Gasteiger partial charge in [0.05, 0.1) is 11.0 Å². The molecule has 30 heavy (non-hydrogen) atoms. The third-order valence-electron chi connectivity index (χ3n) is 4.93. The van der Waals surface area contributed by atoms with Crippen molar-refractivity contribution in [1.29, 1.82) is 0 Å². The van der Waals surface area contributed by atoms with E-state index in [1.807, 2.05) is 66.7 Å². The number of aromatic nitrogens is 2. The molecule has 148 valence electrons. The van der Waals surface area contributed by atoms with Gasteiger partial charge in [-0.05, 0) is 47.4 Å². The van der Waals surface area contributed by atoms with Gasteiger partial charge in [-0.1, -0.05) is 54.6 Å². The molecule has 2 N–H and O–H groups in total. The van der Waals surface area contributed by atoms with Crippen LogP contribution in [-0.2, 0) is 11.2 Å². The number of carboxylic acids is 1. The molecule has 0 fully saturated rings. The van der Waals surface area contributed by atoms with Crippen molar-refractivity contribution in [3.63, 3.8) is 0 Å². The first-order valence-corrected chi connectivity index (χ1v) is 9.58. The summed E-state index contributed by atoms with van der Waals surface area (Å²) in [4.78, 5) is 30.1. The maximum absolute atomic E-state index is 11.5. The highest BCUT2D eigenvalue weighted by Gasteiger charge is 2.07. The lowest BCUT2D eigenvalue weighted by Gasteiger charge is -2.02. The zero-order chi connectivity index (χ0) is 21.1. The Kier molecular flexibility index (Phi) is 5.26. The zero-order valence-electron chi connectivity index (χ0n) is 16.4. The lowest BCUT2D eigenvalue weighted by molar-refractivity contribution is -0.131. The molecule has 0 unspecified atom stereocenters. The molecule has 1 heterocycles. The van der Waals surface area contributed by atoms with E-state index in [4.69, 9.17) is 10.1 Å². The van der Waals surface area contributed by atoms with E-state index in [9.17, 15) is 9.59 Å². The number of hydrogen-bond donors (Lipinski definition) is 2. The molecule has 0 aliphatic heterocycles. The van der Waals surface area contributed by atoms with Crippen LogP contribution in [0.2, 0.25) is 0 Å². The molecule has 0 atom stereocenters. The Morgan fingerprint density at radius 3 is 2.33 bits per heavy atom. The predicted octanol–water partition coefficient (Wildman–Crippen LogP) is 5.12. The van der Waals surface area contributed by atoms with Gasteiger partial charge in [0.2, 0.25) is 0 Å². The van der Waals surface area contributed by atoms with Crippen LogP contribution >= 0.6 is 0 Å². The van der Waals surface area contributed by atoms with Crippen LogP contribution in [0.4, 0.5) is 0 Å². The van der Waals surface area contributed by atoms with E-state index in [-0.39, 0.29) is 5.78 Å². The summed E-state index contributed by atoms with van der Waals surface area (Å²) < 4.78 is 0. The number of hydrogen-bond acceptors (Lipinski definition) is 3. The van der Waals surface area contributed by atoms with Crippen molar-refractivity contribution < 1.29 is 14.7 Å². The number of Topliss-reactive ketones (excluding diaryl/α,β-unsaturated/α-hetero) is 1. The molecule has 0 aliphatic carbocycles.